The predicted octanol–water partition coefficient (Wildman–Crippen LogP) is 3.18. The van der Waals surface area contributed by atoms with Gasteiger partial charge in [0.25, 0.3) is 0 Å². The Morgan fingerprint density at radius 1 is 1.14 bits per heavy atom. The van der Waals surface area contributed by atoms with Crippen LogP contribution in [0.4, 0.5) is 0 Å². The van der Waals surface area contributed by atoms with Crippen molar-refractivity contribution < 1.29 is 4.79 Å². The summed E-state index contributed by atoms with van der Waals surface area (Å²) in [5, 5.41) is 0. The third-order valence-electron chi connectivity index (χ3n) is 6.79. The second kappa shape index (κ2) is 4.24. The van der Waals surface area contributed by atoms with Crippen LogP contribution in [-0.2, 0) is 4.79 Å². The second-order valence-electron chi connectivity index (χ2n) is 9.79. The molecular weight excluding hydrogens is 260 g/mol. The van der Waals surface area contributed by atoms with Gasteiger partial charge in [-0.25, -0.2) is 0 Å². The van der Waals surface area contributed by atoms with Gasteiger partial charge < -0.3 is 10.6 Å². The Hall–Kier alpha value is -0.570. The van der Waals surface area contributed by atoms with E-state index in [1.165, 1.54) is 19.3 Å². The minimum Gasteiger partial charge on any atom is -0.339 e. The molecule has 4 fully saturated rings. The van der Waals surface area contributed by atoms with Crippen molar-refractivity contribution in [3.8, 4) is 0 Å². The number of carbonyl (C=O) groups is 1. The van der Waals surface area contributed by atoms with Gasteiger partial charge in [-0.2, -0.15) is 0 Å². The number of nitrogens with two attached hydrogens (primary N) is 1. The molecular formula is C18H32N2O. The molecule has 1 amide bonds. The molecule has 4 rings (SSSR count). The van der Waals surface area contributed by atoms with Gasteiger partial charge in [-0.05, 0) is 69.1 Å². The zero-order valence-corrected chi connectivity index (χ0v) is 14.5. The molecule has 0 saturated heterocycles. The molecule has 120 valence electrons. The number of carbonyl (C=O) groups excluding carboxylic acids is 1. The van der Waals surface area contributed by atoms with Gasteiger partial charge in [0.15, 0.2) is 0 Å². The highest BCUT2D eigenvalue weighted by atomic mass is 16.2. The van der Waals surface area contributed by atoms with Gasteiger partial charge in [0.2, 0.25) is 5.91 Å². The lowest BCUT2D eigenvalue weighted by Crippen LogP contribution is -2.63. The first-order chi connectivity index (χ1) is 9.53. The summed E-state index contributed by atoms with van der Waals surface area (Å²) in [6.07, 6.45) is 7.28. The number of hydrogen-bond donors (Lipinski definition) is 1. The lowest BCUT2D eigenvalue weighted by atomic mass is 9.40. The zero-order chi connectivity index (χ0) is 15.7. The maximum absolute atomic E-state index is 13.4. The Labute approximate surface area is 129 Å². The van der Waals surface area contributed by atoms with E-state index in [1.54, 1.807) is 0 Å². The van der Waals surface area contributed by atoms with Crippen LogP contribution in [0.5, 0.6) is 0 Å². The van der Waals surface area contributed by atoms with E-state index in [-0.39, 0.29) is 11.0 Å². The van der Waals surface area contributed by atoms with Gasteiger partial charge in [-0.15, -0.1) is 0 Å². The largest absolute Gasteiger partial charge is 0.339 e. The van der Waals surface area contributed by atoms with E-state index >= 15 is 0 Å². The smallest absolute Gasteiger partial charge is 0.229 e. The van der Waals surface area contributed by atoms with Gasteiger partial charge in [0.05, 0.1) is 5.41 Å². The Bertz CT molecular complexity index is 452. The van der Waals surface area contributed by atoms with Crippen molar-refractivity contribution >= 4 is 5.91 Å². The summed E-state index contributed by atoms with van der Waals surface area (Å²) in [4.78, 5) is 15.3. The molecule has 3 nitrogen and oxygen atoms in total. The van der Waals surface area contributed by atoms with Crippen molar-refractivity contribution in [2.24, 2.45) is 27.9 Å². The predicted molar refractivity (Wildman–Crippen MR) is 85.7 cm³/mol. The van der Waals surface area contributed by atoms with Crippen molar-refractivity contribution in [2.75, 3.05) is 13.6 Å². The Balaban J connectivity index is 1.93. The third-order valence-corrected chi connectivity index (χ3v) is 6.79. The molecule has 0 aromatic rings. The molecule has 3 heteroatoms. The minimum atomic E-state index is -0.248. The first kappa shape index (κ1) is 15.3. The van der Waals surface area contributed by atoms with E-state index in [0.717, 1.165) is 25.2 Å². The molecule has 0 aromatic carbocycles. The summed E-state index contributed by atoms with van der Waals surface area (Å²) in [7, 11) is 1.96. The number of rotatable bonds is 3. The van der Waals surface area contributed by atoms with Crippen molar-refractivity contribution in [3.63, 3.8) is 0 Å². The Morgan fingerprint density at radius 2 is 1.67 bits per heavy atom. The van der Waals surface area contributed by atoms with Crippen molar-refractivity contribution in [1.82, 2.24) is 4.90 Å². The molecule has 4 aliphatic rings. The fourth-order valence-corrected chi connectivity index (χ4v) is 6.45. The SMILES string of the molecule is CN(C(=O)C12CC3CC(C)(CC(C)(C3)C1)C2)C(C)(C)CN. The summed E-state index contributed by atoms with van der Waals surface area (Å²) in [5.41, 5.74) is 6.31. The lowest BCUT2D eigenvalue weighted by molar-refractivity contribution is -0.182. The average molecular weight is 292 g/mol. The van der Waals surface area contributed by atoms with Crippen LogP contribution in [0.15, 0.2) is 0 Å². The van der Waals surface area contributed by atoms with E-state index in [2.05, 4.69) is 27.7 Å². The first-order valence-electron chi connectivity index (χ1n) is 8.52. The second-order valence-corrected chi connectivity index (χ2v) is 9.79. The molecule has 2 unspecified atom stereocenters. The topological polar surface area (TPSA) is 46.3 Å². The van der Waals surface area contributed by atoms with E-state index in [0.29, 0.717) is 23.3 Å². The summed E-state index contributed by atoms with van der Waals surface area (Å²) >= 11 is 0. The number of hydrogen-bond acceptors (Lipinski definition) is 2. The molecule has 4 bridgehead atoms. The maximum Gasteiger partial charge on any atom is 0.229 e. The van der Waals surface area contributed by atoms with Crippen LogP contribution >= 0.6 is 0 Å². The van der Waals surface area contributed by atoms with Crippen LogP contribution in [-0.4, -0.2) is 29.9 Å². The lowest BCUT2D eigenvalue weighted by Gasteiger charge is -2.65. The molecule has 21 heavy (non-hydrogen) atoms. The molecule has 0 heterocycles. The molecule has 4 aliphatic carbocycles. The minimum absolute atomic E-state index is 0.107. The molecule has 2 N–H and O–H groups in total. The highest BCUT2D eigenvalue weighted by Gasteiger charge is 2.63. The number of likely N-dealkylation sites (N-methyl/N-ethyl adjacent to an activating group) is 1. The molecule has 0 aromatic heterocycles. The zero-order valence-electron chi connectivity index (χ0n) is 14.5. The number of nitrogens with zero attached hydrogens (tertiary/aromatic N) is 1. The van der Waals surface area contributed by atoms with Crippen molar-refractivity contribution in [1.29, 1.82) is 0 Å². The van der Waals surface area contributed by atoms with Gasteiger partial charge in [-0.1, -0.05) is 13.8 Å². The fraction of sp³-hybridized carbons (Fsp3) is 0.944. The van der Waals surface area contributed by atoms with Crippen LogP contribution in [0.2, 0.25) is 0 Å². The van der Waals surface area contributed by atoms with Gasteiger partial charge in [0, 0.05) is 19.1 Å². The summed E-state index contributed by atoms with van der Waals surface area (Å²) in [6.45, 7) is 9.52. The standard InChI is InChI=1S/C18H32N2O/c1-15(2,12-19)20(5)14(21)18-8-13-6-16(3,10-18)9-17(4,7-13)11-18/h13H,6-12,19H2,1-5H3. The Morgan fingerprint density at radius 3 is 2.10 bits per heavy atom. The average Bonchev–Trinajstić information content (AvgIpc) is 2.32. The Kier molecular flexibility index (Phi) is 3.10. The summed E-state index contributed by atoms with van der Waals surface area (Å²) < 4.78 is 0. The monoisotopic (exact) mass is 292 g/mol. The van der Waals surface area contributed by atoms with E-state index in [1.807, 2.05) is 11.9 Å². The van der Waals surface area contributed by atoms with E-state index in [4.69, 9.17) is 5.73 Å². The van der Waals surface area contributed by atoms with Crippen molar-refractivity contribution in [3.05, 3.63) is 0 Å². The normalized spacial score (nSPS) is 45.0. The highest BCUT2D eigenvalue weighted by Crippen LogP contribution is 2.69. The van der Waals surface area contributed by atoms with E-state index < -0.39 is 0 Å². The molecule has 0 radical (unpaired) electrons. The van der Waals surface area contributed by atoms with Gasteiger partial charge in [0.1, 0.15) is 0 Å². The first-order valence-corrected chi connectivity index (χ1v) is 8.52. The molecule has 0 spiro atoms. The van der Waals surface area contributed by atoms with Gasteiger partial charge >= 0.3 is 0 Å². The van der Waals surface area contributed by atoms with Crippen LogP contribution in [0.3, 0.4) is 0 Å². The summed E-state index contributed by atoms with van der Waals surface area (Å²) in [5.74, 6) is 1.12. The fourth-order valence-electron chi connectivity index (χ4n) is 6.45. The summed E-state index contributed by atoms with van der Waals surface area (Å²) in [6, 6.07) is 0. The third kappa shape index (κ3) is 2.23. The molecule has 4 saturated carbocycles. The van der Waals surface area contributed by atoms with Gasteiger partial charge in [-0.3, -0.25) is 4.79 Å². The van der Waals surface area contributed by atoms with Crippen LogP contribution in [0.25, 0.3) is 0 Å². The van der Waals surface area contributed by atoms with Crippen LogP contribution < -0.4 is 5.73 Å². The van der Waals surface area contributed by atoms with Crippen molar-refractivity contribution in [2.45, 2.75) is 71.8 Å². The quantitative estimate of drug-likeness (QED) is 0.868. The number of amides is 1. The maximum atomic E-state index is 13.4. The highest BCUT2D eigenvalue weighted by molar-refractivity contribution is 5.84. The van der Waals surface area contributed by atoms with Crippen LogP contribution in [0, 0.1) is 22.2 Å². The van der Waals surface area contributed by atoms with Crippen LogP contribution in [0.1, 0.15) is 66.2 Å². The molecule has 2 atom stereocenters. The molecule has 0 aliphatic heterocycles. The van der Waals surface area contributed by atoms with E-state index in [9.17, 15) is 4.79 Å².